The van der Waals surface area contributed by atoms with Crippen LogP contribution in [0, 0.1) is 34.5 Å². The van der Waals surface area contributed by atoms with E-state index in [1.165, 1.54) is 6.08 Å². The van der Waals surface area contributed by atoms with Crippen LogP contribution in [0.3, 0.4) is 0 Å². The van der Waals surface area contributed by atoms with Crippen LogP contribution in [0.4, 0.5) is 0 Å². The number of hydrogen-bond donors (Lipinski definition) is 7. The highest BCUT2D eigenvalue weighted by molar-refractivity contribution is 5.95. The molecule has 1 unspecified atom stereocenters. The second-order valence-corrected chi connectivity index (χ2v) is 13.8. The highest BCUT2D eigenvalue weighted by Gasteiger charge is 2.71. The first-order valence-electron chi connectivity index (χ1n) is 13.5. The minimum absolute atomic E-state index is 0.113. The zero-order valence-corrected chi connectivity index (χ0v) is 22.5. The molecule has 0 aromatic rings. The highest BCUT2D eigenvalue weighted by Crippen LogP contribution is 2.68. The quantitative estimate of drug-likeness (QED) is 0.289. The molecule has 36 heavy (non-hydrogen) atoms. The molecule has 0 aromatic heterocycles. The standard InChI is InChI=1S/C28H46O8/c1-14(24(2,3)34)9-22(33)27(6,35)21-7-8-28(36)16-11-17(29)15-10-18(30)19(31)12-25(15,4)23(16)20(32)13-26(21,28)5/h11,14-15,18-23,30-36H,7-10,12-13H2,1-6H3/t14?,15-,18+,19-,20+,21-,22+,23+,25-,26+,27+,28+/m0/s1. The van der Waals surface area contributed by atoms with Crippen LogP contribution in [-0.2, 0) is 4.79 Å². The second-order valence-electron chi connectivity index (χ2n) is 13.8. The van der Waals surface area contributed by atoms with Crippen molar-refractivity contribution in [1.29, 1.82) is 0 Å². The van der Waals surface area contributed by atoms with Gasteiger partial charge in [-0.05, 0) is 88.2 Å². The Labute approximate surface area is 214 Å². The zero-order chi connectivity index (χ0) is 27.2. The molecule has 0 bridgehead atoms. The van der Waals surface area contributed by atoms with Crippen molar-refractivity contribution in [3.05, 3.63) is 11.6 Å². The van der Waals surface area contributed by atoms with Crippen LogP contribution in [-0.4, -0.2) is 82.7 Å². The summed E-state index contributed by atoms with van der Waals surface area (Å²) in [4.78, 5) is 13.3. The normalized spacial score (nSPS) is 48.2. The summed E-state index contributed by atoms with van der Waals surface area (Å²) in [5.41, 5.74) is -5.51. The van der Waals surface area contributed by atoms with Crippen molar-refractivity contribution in [1.82, 2.24) is 0 Å². The number of carbonyl (C=O) groups excluding carboxylic acids is 1. The lowest BCUT2D eigenvalue weighted by atomic mass is 9.44. The SMILES string of the molecule is CC(C[C@@H](O)[C@](C)(O)[C@H]1CC[C@@]2(O)C3=CC(=O)[C@@H]4C[C@@H](O)[C@@H](O)C[C@]4(C)[C@H]3[C@H](O)C[C@]12C)C(C)(C)O. The first-order chi connectivity index (χ1) is 16.3. The molecule has 12 atom stereocenters. The van der Waals surface area contributed by atoms with Crippen molar-refractivity contribution in [3.63, 3.8) is 0 Å². The van der Waals surface area contributed by atoms with Gasteiger partial charge >= 0.3 is 0 Å². The Balaban J connectivity index is 1.71. The molecule has 3 saturated carbocycles. The molecule has 0 heterocycles. The number of allylic oxidation sites excluding steroid dienone is 1. The van der Waals surface area contributed by atoms with Gasteiger partial charge in [0.05, 0.1) is 41.2 Å². The van der Waals surface area contributed by atoms with Gasteiger partial charge in [0.25, 0.3) is 0 Å². The maximum atomic E-state index is 13.3. The van der Waals surface area contributed by atoms with Gasteiger partial charge in [-0.1, -0.05) is 20.8 Å². The first kappa shape index (κ1) is 28.1. The van der Waals surface area contributed by atoms with Crippen molar-refractivity contribution in [3.8, 4) is 0 Å². The molecule has 206 valence electrons. The van der Waals surface area contributed by atoms with E-state index in [-0.39, 0.29) is 43.8 Å². The highest BCUT2D eigenvalue weighted by atomic mass is 16.3. The second kappa shape index (κ2) is 8.57. The summed E-state index contributed by atoms with van der Waals surface area (Å²) in [6, 6.07) is 0. The van der Waals surface area contributed by atoms with E-state index in [0.717, 1.165) is 0 Å². The van der Waals surface area contributed by atoms with Gasteiger partial charge in [0.15, 0.2) is 5.78 Å². The van der Waals surface area contributed by atoms with Crippen molar-refractivity contribution < 1.29 is 40.5 Å². The number of fused-ring (bicyclic) bond motifs is 5. The van der Waals surface area contributed by atoms with Crippen LogP contribution < -0.4 is 0 Å². The molecule has 4 rings (SSSR count). The Hall–Kier alpha value is -0.870. The van der Waals surface area contributed by atoms with Crippen molar-refractivity contribution in [2.45, 2.75) is 121 Å². The predicted molar refractivity (Wildman–Crippen MR) is 133 cm³/mol. The molecule has 0 aromatic carbocycles. The average molecular weight is 511 g/mol. The number of aliphatic hydroxyl groups excluding tert-OH is 4. The summed E-state index contributed by atoms with van der Waals surface area (Å²) in [5.74, 6) is -2.21. The molecule has 8 nitrogen and oxygen atoms in total. The molecule has 0 saturated heterocycles. The third-order valence-electron chi connectivity index (χ3n) is 11.2. The summed E-state index contributed by atoms with van der Waals surface area (Å²) in [5, 5.41) is 77.7. The molecule has 8 heteroatoms. The molecule has 3 fully saturated rings. The fraction of sp³-hybridized carbons (Fsp3) is 0.893. The van der Waals surface area contributed by atoms with Crippen LogP contribution in [0.1, 0.15) is 80.1 Å². The number of rotatable bonds is 5. The monoisotopic (exact) mass is 510 g/mol. The molecule has 0 amide bonds. The third-order valence-corrected chi connectivity index (χ3v) is 11.2. The number of hydrogen-bond acceptors (Lipinski definition) is 8. The molecular weight excluding hydrogens is 464 g/mol. The largest absolute Gasteiger partial charge is 0.392 e. The molecule has 4 aliphatic carbocycles. The van der Waals surface area contributed by atoms with E-state index in [2.05, 4.69) is 0 Å². The third kappa shape index (κ3) is 3.86. The lowest BCUT2D eigenvalue weighted by Gasteiger charge is -2.62. The van der Waals surface area contributed by atoms with Crippen LogP contribution in [0.25, 0.3) is 0 Å². The number of carbonyl (C=O) groups is 1. The van der Waals surface area contributed by atoms with Crippen LogP contribution in [0.5, 0.6) is 0 Å². The van der Waals surface area contributed by atoms with Crippen LogP contribution >= 0.6 is 0 Å². The molecule has 0 radical (unpaired) electrons. The van der Waals surface area contributed by atoms with Crippen LogP contribution in [0.2, 0.25) is 0 Å². The van der Waals surface area contributed by atoms with Crippen molar-refractivity contribution >= 4 is 5.78 Å². The summed E-state index contributed by atoms with van der Waals surface area (Å²) < 4.78 is 0. The van der Waals surface area contributed by atoms with E-state index in [1.54, 1.807) is 20.8 Å². The fourth-order valence-corrected chi connectivity index (χ4v) is 8.52. The lowest BCUT2D eigenvalue weighted by molar-refractivity contribution is -0.198. The van der Waals surface area contributed by atoms with Crippen molar-refractivity contribution in [2.75, 3.05) is 0 Å². The van der Waals surface area contributed by atoms with Gasteiger partial charge in [-0.25, -0.2) is 0 Å². The topological polar surface area (TPSA) is 159 Å². The molecule has 0 spiro atoms. The van der Waals surface area contributed by atoms with E-state index in [4.69, 9.17) is 0 Å². The first-order valence-corrected chi connectivity index (χ1v) is 13.5. The van der Waals surface area contributed by atoms with E-state index >= 15 is 0 Å². The van der Waals surface area contributed by atoms with E-state index in [0.29, 0.717) is 12.0 Å². The average Bonchev–Trinajstić information content (AvgIpc) is 3.01. The fourth-order valence-electron chi connectivity index (χ4n) is 8.52. The molecule has 4 aliphatic rings. The predicted octanol–water partition coefficient (Wildman–Crippen LogP) is 1.07. The Morgan fingerprint density at radius 2 is 1.67 bits per heavy atom. The number of aliphatic hydroxyl groups is 7. The Morgan fingerprint density at radius 1 is 1.06 bits per heavy atom. The minimum Gasteiger partial charge on any atom is -0.392 e. The van der Waals surface area contributed by atoms with Gasteiger partial charge in [-0.2, -0.15) is 0 Å². The molecule has 7 N–H and O–H groups in total. The Kier molecular flexibility index (Phi) is 6.70. The van der Waals surface area contributed by atoms with Gasteiger partial charge in [0, 0.05) is 17.3 Å². The Morgan fingerprint density at radius 3 is 2.25 bits per heavy atom. The summed E-state index contributed by atoms with van der Waals surface area (Å²) in [6.07, 6.45) is -1.44. The maximum absolute atomic E-state index is 13.3. The Bertz CT molecular complexity index is 923. The van der Waals surface area contributed by atoms with Gasteiger partial charge in [-0.3, -0.25) is 4.79 Å². The van der Waals surface area contributed by atoms with Gasteiger partial charge in [0.2, 0.25) is 0 Å². The zero-order valence-electron chi connectivity index (χ0n) is 22.5. The smallest absolute Gasteiger partial charge is 0.159 e. The van der Waals surface area contributed by atoms with E-state index < -0.39 is 69.8 Å². The lowest BCUT2D eigenvalue weighted by Crippen LogP contribution is -2.66. The van der Waals surface area contributed by atoms with E-state index in [1.807, 2.05) is 20.8 Å². The minimum atomic E-state index is -1.61. The maximum Gasteiger partial charge on any atom is 0.159 e. The van der Waals surface area contributed by atoms with Gasteiger partial charge in [-0.15, -0.1) is 0 Å². The molecule has 0 aliphatic heterocycles. The van der Waals surface area contributed by atoms with Gasteiger partial charge < -0.3 is 35.7 Å². The summed E-state index contributed by atoms with van der Waals surface area (Å²) in [6.45, 7) is 10.4. The van der Waals surface area contributed by atoms with Gasteiger partial charge in [0.1, 0.15) is 0 Å². The molecular formula is C28H46O8. The summed E-state index contributed by atoms with van der Waals surface area (Å²) in [7, 11) is 0. The van der Waals surface area contributed by atoms with E-state index in [9.17, 15) is 40.5 Å². The van der Waals surface area contributed by atoms with Crippen molar-refractivity contribution in [2.24, 2.45) is 34.5 Å². The summed E-state index contributed by atoms with van der Waals surface area (Å²) >= 11 is 0. The number of ketones is 1. The van der Waals surface area contributed by atoms with Crippen LogP contribution in [0.15, 0.2) is 11.6 Å².